The molecule has 1 aliphatic carbocycles. The van der Waals surface area contributed by atoms with Gasteiger partial charge in [0.2, 0.25) is 0 Å². The summed E-state index contributed by atoms with van der Waals surface area (Å²) in [6.07, 6.45) is 6.58. The molecule has 1 saturated carbocycles. The first-order chi connectivity index (χ1) is 17.7. The van der Waals surface area contributed by atoms with Gasteiger partial charge in [-0.25, -0.2) is 23.4 Å². The molecule has 4 aromatic heterocycles. The molecule has 0 aliphatic heterocycles. The molecule has 0 bridgehead atoms. The highest BCUT2D eigenvalue weighted by molar-refractivity contribution is 7.90. The van der Waals surface area contributed by atoms with Crippen LogP contribution in [0.2, 0.25) is 0 Å². The standard InChI is InChI=1S/C23H29N9O4S/c1-14(2)32-19-8-21(25-10-18(19)23(29-32)30(3)12-16(34)13-33)27-20-6-7-24-22(28-20)15-9-26-31(11-15)37(35,36)17-4-5-17/h6-11,14,16-17,33-34H,4-5,12-13H2,1-3H3,(H,24,25,27,28). The van der Waals surface area contributed by atoms with E-state index < -0.39 is 16.1 Å². The number of aliphatic hydroxyl groups excluding tert-OH is 2. The number of likely N-dealkylation sites (N-methyl/N-ethyl adjacent to an activating group) is 1. The van der Waals surface area contributed by atoms with E-state index in [4.69, 9.17) is 5.10 Å². The number of hydrogen-bond donors (Lipinski definition) is 3. The lowest BCUT2D eigenvalue weighted by Gasteiger charge is -2.19. The number of hydrogen-bond acceptors (Lipinski definition) is 11. The third kappa shape index (κ3) is 4.99. The predicted molar refractivity (Wildman–Crippen MR) is 138 cm³/mol. The number of nitrogens with one attached hydrogen (secondary N) is 1. The number of pyridine rings is 1. The van der Waals surface area contributed by atoms with Crippen LogP contribution in [0.15, 0.2) is 36.9 Å². The molecule has 0 aromatic carbocycles. The Morgan fingerprint density at radius 2 is 2.00 bits per heavy atom. The molecule has 0 spiro atoms. The molecule has 3 N–H and O–H groups in total. The van der Waals surface area contributed by atoms with Crippen LogP contribution in [0.5, 0.6) is 0 Å². The van der Waals surface area contributed by atoms with Crippen molar-refractivity contribution in [3.05, 3.63) is 36.9 Å². The Balaban J connectivity index is 1.42. The van der Waals surface area contributed by atoms with E-state index in [1.807, 2.05) is 24.6 Å². The fourth-order valence-corrected chi connectivity index (χ4v) is 5.47. The van der Waals surface area contributed by atoms with E-state index in [1.54, 1.807) is 30.4 Å². The summed E-state index contributed by atoms with van der Waals surface area (Å²) in [7, 11) is -1.67. The molecule has 1 atom stereocenters. The van der Waals surface area contributed by atoms with Crippen molar-refractivity contribution >= 4 is 38.4 Å². The Bertz CT molecular complexity index is 1530. The normalized spacial score (nSPS) is 14.9. The van der Waals surface area contributed by atoms with E-state index in [2.05, 4.69) is 25.4 Å². The number of aromatic nitrogens is 7. The van der Waals surface area contributed by atoms with Crippen molar-refractivity contribution < 1.29 is 18.6 Å². The highest BCUT2D eigenvalue weighted by atomic mass is 32.2. The monoisotopic (exact) mass is 527 g/mol. The molecule has 0 amide bonds. The van der Waals surface area contributed by atoms with E-state index >= 15 is 0 Å². The van der Waals surface area contributed by atoms with E-state index in [0.717, 1.165) is 15.0 Å². The molecule has 1 unspecified atom stereocenters. The second kappa shape index (κ2) is 9.68. The van der Waals surface area contributed by atoms with Crippen LogP contribution in [0.25, 0.3) is 22.3 Å². The van der Waals surface area contributed by atoms with Gasteiger partial charge in [0.05, 0.1) is 46.8 Å². The van der Waals surface area contributed by atoms with Gasteiger partial charge in [0, 0.05) is 38.1 Å². The van der Waals surface area contributed by atoms with Gasteiger partial charge in [-0.3, -0.25) is 4.68 Å². The lowest BCUT2D eigenvalue weighted by Crippen LogP contribution is -2.31. The minimum atomic E-state index is -3.47. The van der Waals surface area contributed by atoms with Crippen LogP contribution >= 0.6 is 0 Å². The summed E-state index contributed by atoms with van der Waals surface area (Å²) >= 11 is 0. The summed E-state index contributed by atoms with van der Waals surface area (Å²) in [5.74, 6) is 2.00. The fraction of sp³-hybridized carbons (Fsp3) is 0.435. The quantitative estimate of drug-likeness (QED) is 0.274. The molecule has 13 nitrogen and oxygen atoms in total. The van der Waals surface area contributed by atoms with E-state index in [1.165, 1.54) is 12.4 Å². The molecular weight excluding hydrogens is 498 g/mol. The van der Waals surface area contributed by atoms with Crippen molar-refractivity contribution in [2.45, 2.75) is 44.1 Å². The van der Waals surface area contributed by atoms with Crippen molar-refractivity contribution in [3.63, 3.8) is 0 Å². The lowest BCUT2D eigenvalue weighted by atomic mass is 10.2. The third-order valence-corrected chi connectivity index (χ3v) is 8.09. The number of nitrogens with zero attached hydrogens (tertiary/aromatic N) is 8. The number of anilines is 3. The predicted octanol–water partition coefficient (Wildman–Crippen LogP) is 1.54. The Morgan fingerprint density at radius 1 is 1.22 bits per heavy atom. The zero-order valence-corrected chi connectivity index (χ0v) is 21.5. The van der Waals surface area contributed by atoms with E-state index in [9.17, 15) is 18.6 Å². The van der Waals surface area contributed by atoms with Crippen LogP contribution in [0.4, 0.5) is 17.5 Å². The van der Waals surface area contributed by atoms with Crippen LogP contribution in [-0.2, 0) is 10.0 Å². The first-order valence-electron chi connectivity index (χ1n) is 11.9. The molecule has 0 radical (unpaired) electrons. The average Bonchev–Trinajstić information content (AvgIpc) is 3.49. The van der Waals surface area contributed by atoms with Crippen LogP contribution in [0, 0.1) is 0 Å². The van der Waals surface area contributed by atoms with Gasteiger partial charge in [-0.05, 0) is 32.8 Å². The smallest absolute Gasteiger partial charge is 0.256 e. The maximum absolute atomic E-state index is 12.4. The Hall–Kier alpha value is -3.62. The number of rotatable bonds is 10. The molecular formula is C23H29N9O4S. The second-order valence-corrected chi connectivity index (χ2v) is 11.5. The third-order valence-electron chi connectivity index (χ3n) is 6.05. The molecule has 4 aromatic rings. The minimum absolute atomic E-state index is 0.0665. The van der Waals surface area contributed by atoms with Gasteiger partial charge < -0.3 is 20.4 Å². The first kappa shape index (κ1) is 25.0. The molecule has 196 valence electrons. The van der Waals surface area contributed by atoms with Gasteiger partial charge in [-0.1, -0.05) is 0 Å². The Kier molecular flexibility index (Phi) is 6.56. The number of fused-ring (bicyclic) bond motifs is 1. The first-order valence-corrected chi connectivity index (χ1v) is 13.5. The maximum Gasteiger partial charge on any atom is 0.256 e. The van der Waals surface area contributed by atoms with Crippen molar-refractivity contribution in [2.75, 3.05) is 30.4 Å². The average molecular weight is 528 g/mol. The summed E-state index contributed by atoms with van der Waals surface area (Å²) in [5, 5.41) is 31.4. The van der Waals surface area contributed by atoms with Crippen LogP contribution < -0.4 is 10.2 Å². The van der Waals surface area contributed by atoms with Gasteiger partial charge in [0.15, 0.2) is 11.6 Å². The van der Waals surface area contributed by atoms with Crippen LogP contribution in [0.1, 0.15) is 32.7 Å². The zero-order chi connectivity index (χ0) is 26.3. The van der Waals surface area contributed by atoms with Crippen molar-refractivity contribution in [3.8, 4) is 11.4 Å². The van der Waals surface area contributed by atoms with Crippen LogP contribution in [-0.4, -0.2) is 84.1 Å². The molecule has 5 rings (SSSR count). The molecule has 4 heterocycles. The maximum atomic E-state index is 12.4. The largest absolute Gasteiger partial charge is 0.394 e. The van der Waals surface area contributed by atoms with Crippen molar-refractivity contribution in [1.82, 2.24) is 33.9 Å². The molecule has 0 saturated heterocycles. The summed E-state index contributed by atoms with van der Waals surface area (Å²) in [6.45, 7) is 3.93. The van der Waals surface area contributed by atoms with Crippen molar-refractivity contribution in [2.24, 2.45) is 0 Å². The van der Waals surface area contributed by atoms with Gasteiger partial charge in [0.25, 0.3) is 10.0 Å². The molecule has 14 heteroatoms. The summed E-state index contributed by atoms with van der Waals surface area (Å²) in [4.78, 5) is 15.1. The van der Waals surface area contributed by atoms with Crippen LogP contribution in [0.3, 0.4) is 0 Å². The zero-order valence-electron chi connectivity index (χ0n) is 20.7. The number of aliphatic hydroxyl groups is 2. The lowest BCUT2D eigenvalue weighted by molar-refractivity contribution is 0.101. The summed E-state index contributed by atoms with van der Waals surface area (Å²) in [5.41, 5.74) is 1.33. The molecule has 37 heavy (non-hydrogen) atoms. The molecule has 1 aliphatic rings. The van der Waals surface area contributed by atoms with Crippen molar-refractivity contribution in [1.29, 1.82) is 0 Å². The Morgan fingerprint density at radius 3 is 2.70 bits per heavy atom. The van der Waals surface area contributed by atoms with Gasteiger partial charge in [0.1, 0.15) is 11.6 Å². The van der Waals surface area contributed by atoms with E-state index in [0.29, 0.717) is 41.7 Å². The molecule has 1 fully saturated rings. The fourth-order valence-electron chi connectivity index (χ4n) is 4.00. The summed E-state index contributed by atoms with van der Waals surface area (Å²) in [6, 6.07) is 3.62. The van der Waals surface area contributed by atoms with Gasteiger partial charge in [-0.2, -0.15) is 14.3 Å². The SMILES string of the molecule is CC(C)n1nc(N(C)CC(O)CO)c2cnc(Nc3ccnc(-c4cnn(S(=O)(=O)C5CC5)c4)n3)cc21. The highest BCUT2D eigenvalue weighted by Gasteiger charge is 2.37. The highest BCUT2D eigenvalue weighted by Crippen LogP contribution is 2.31. The van der Waals surface area contributed by atoms with Gasteiger partial charge in [-0.15, -0.1) is 0 Å². The minimum Gasteiger partial charge on any atom is -0.394 e. The topological polar surface area (TPSA) is 164 Å². The van der Waals surface area contributed by atoms with E-state index in [-0.39, 0.29) is 24.4 Å². The van der Waals surface area contributed by atoms with Gasteiger partial charge >= 0.3 is 0 Å². The Labute approximate surface area is 213 Å². The second-order valence-electron chi connectivity index (χ2n) is 9.40. The summed E-state index contributed by atoms with van der Waals surface area (Å²) < 4.78 is 27.8.